The first-order valence-corrected chi connectivity index (χ1v) is 4.26. The number of rotatable bonds is 1. The average molecular weight is 164 g/mol. The molecule has 0 fully saturated rings. The summed E-state index contributed by atoms with van der Waals surface area (Å²) in [4.78, 5) is 0. The quantitative estimate of drug-likeness (QED) is 0.634. The van der Waals surface area contributed by atoms with Gasteiger partial charge in [0.2, 0.25) is 0 Å². The van der Waals surface area contributed by atoms with Gasteiger partial charge in [0.1, 0.15) is 5.75 Å². The summed E-state index contributed by atoms with van der Waals surface area (Å²) in [5.74, 6) is 0.968. The highest BCUT2D eigenvalue weighted by atomic mass is 16.7. The molecule has 1 atom stereocenters. The summed E-state index contributed by atoms with van der Waals surface area (Å²) in [6.45, 7) is 2.73. The van der Waals surface area contributed by atoms with Crippen molar-refractivity contribution in [2.24, 2.45) is 0 Å². The molecule has 0 bridgehead atoms. The van der Waals surface area contributed by atoms with E-state index in [4.69, 9.17) is 9.47 Å². The van der Waals surface area contributed by atoms with Gasteiger partial charge in [-0.3, -0.25) is 0 Å². The van der Waals surface area contributed by atoms with E-state index in [9.17, 15) is 0 Å². The second-order valence-corrected chi connectivity index (χ2v) is 2.87. The first-order valence-electron chi connectivity index (χ1n) is 4.26. The van der Waals surface area contributed by atoms with Crippen LogP contribution in [0.25, 0.3) is 0 Å². The lowest BCUT2D eigenvalue weighted by atomic mass is 10.2. The lowest BCUT2D eigenvalue weighted by Crippen LogP contribution is -2.24. The minimum Gasteiger partial charge on any atom is -0.465 e. The van der Waals surface area contributed by atoms with Crippen molar-refractivity contribution >= 4 is 0 Å². The van der Waals surface area contributed by atoms with Crippen LogP contribution in [0.15, 0.2) is 24.3 Å². The summed E-state index contributed by atoms with van der Waals surface area (Å²) in [7, 11) is 0. The Labute approximate surface area is 72.1 Å². The fourth-order valence-corrected chi connectivity index (χ4v) is 1.30. The van der Waals surface area contributed by atoms with E-state index in [0.29, 0.717) is 6.61 Å². The van der Waals surface area contributed by atoms with Crippen molar-refractivity contribution in [1.82, 2.24) is 0 Å². The van der Waals surface area contributed by atoms with Gasteiger partial charge in [-0.2, -0.15) is 0 Å². The van der Waals surface area contributed by atoms with Crippen LogP contribution in [0.2, 0.25) is 0 Å². The van der Waals surface area contributed by atoms with Gasteiger partial charge in [-0.25, -0.2) is 0 Å². The molecule has 0 radical (unpaired) electrons. The van der Waals surface area contributed by atoms with Crippen LogP contribution in [0.3, 0.4) is 0 Å². The Morgan fingerprint density at radius 2 is 2.25 bits per heavy atom. The molecule has 0 aromatic heterocycles. The van der Waals surface area contributed by atoms with Gasteiger partial charge in [0.15, 0.2) is 6.29 Å². The number of benzene rings is 1. The van der Waals surface area contributed by atoms with Crippen molar-refractivity contribution in [3.8, 4) is 5.75 Å². The highest BCUT2D eigenvalue weighted by Crippen LogP contribution is 2.26. The summed E-state index contributed by atoms with van der Waals surface area (Å²) >= 11 is 0. The molecule has 1 aliphatic heterocycles. The molecule has 2 rings (SSSR count). The Morgan fingerprint density at radius 1 is 1.42 bits per heavy atom. The van der Waals surface area contributed by atoms with Crippen molar-refractivity contribution in [2.75, 3.05) is 0 Å². The third kappa shape index (κ3) is 1.30. The van der Waals surface area contributed by atoms with Crippen LogP contribution >= 0.6 is 0 Å². The Morgan fingerprint density at radius 3 is 3.08 bits per heavy atom. The van der Waals surface area contributed by atoms with Crippen LogP contribution in [0.4, 0.5) is 0 Å². The summed E-state index contributed by atoms with van der Waals surface area (Å²) in [6, 6.07) is 8.00. The van der Waals surface area contributed by atoms with Crippen molar-refractivity contribution in [3.05, 3.63) is 29.8 Å². The maximum Gasteiger partial charge on any atom is 0.199 e. The summed E-state index contributed by atoms with van der Waals surface area (Å²) in [5, 5.41) is 0. The van der Waals surface area contributed by atoms with E-state index in [1.165, 1.54) is 0 Å². The van der Waals surface area contributed by atoms with Crippen molar-refractivity contribution in [1.29, 1.82) is 0 Å². The van der Waals surface area contributed by atoms with Gasteiger partial charge in [-0.05, 0) is 6.07 Å². The Kier molecular flexibility index (Phi) is 2.00. The monoisotopic (exact) mass is 164 g/mol. The second-order valence-electron chi connectivity index (χ2n) is 2.87. The number of ether oxygens (including phenoxy) is 2. The van der Waals surface area contributed by atoms with Crippen LogP contribution in [-0.2, 0) is 11.3 Å². The fraction of sp³-hybridized carbons (Fsp3) is 0.400. The number of hydrogen-bond acceptors (Lipinski definition) is 2. The predicted octanol–water partition coefficient (Wildman–Crippen LogP) is 2.33. The Balaban J connectivity index is 2.23. The normalized spacial score (nSPS) is 21.2. The van der Waals surface area contributed by atoms with Gasteiger partial charge in [0, 0.05) is 12.0 Å². The molecular weight excluding hydrogens is 152 g/mol. The van der Waals surface area contributed by atoms with Crippen LogP contribution < -0.4 is 4.74 Å². The van der Waals surface area contributed by atoms with Crippen molar-refractivity contribution in [3.63, 3.8) is 0 Å². The van der Waals surface area contributed by atoms with Crippen LogP contribution in [-0.4, -0.2) is 6.29 Å². The van der Waals surface area contributed by atoms with Gasteiger partial charge in [0.25, 0.3) is 0 Å². The molecule has 2 nitrogen and oxygen atoms in total. The molecule has 12 heavy (non-hydrogen) atoms. The van der Waals surface area contributed by atoms with Crippen LogP contribution in [0, 0.1) is 0 Å². The first-order chi connectivity index (χ1) is 5.90. The highest BCUT2D eigenvalue weighted by Gasteiger charge is 2.16. The third-order valence-corrected chi connectivity index (χ3v) is 1.99. The van der Waals surface area contributed by atoms with E-state index < -0.39 is 0 Å². The smallest absolute Gasteiger partial charge is 0.199 e. The summed E-state index contributed by atoms with van der Waals surface area (Å²) < 4.78 is 11.0. The molecule has 64 valence electrons. The summed E-state index contributed by atoms with van der Waals surface area (Å²) in [6.07, 6.45) is 0.842. The largest absolute Gasteiger partial charge is 0.465 e. The van der Waals surface area contributed by atoms with Gasteiger partial charge in [0.05, 0.1) is 6.61 Å². The molecule has 0 amide bonds. The molecule has 0 saturated heterocycles. The van der Waals surface area contributed by atoms with E-state index in [0.717, 1.165) is 17.7 Å². The van der Waals surface area contributed by atoms with Gasteiger partial charge in [-0.1, -0.05) is 25.1 Å². The molecule has 1 aromatic carbocycles. The molecule has 0 aliphatic carbocycles. The van der Waals surface area contributed by atoms with Crippen molar-refractivity contribution in [2.45, 2.75) is 26.2 Å². The highest BCUT2D eigenvalue weighted by molar-refractivity contribution is 5.33. The molecule has 0 saturated carbocycles. The molecule has 1 heterocycles. The maximum atomic E-state index is 5.56. The lowest BCUT2D eigenvalue weighted by molar-refractivity contribution is -0.108. The third-order valence-electron chi connectivity index (χ3n) is 1.99. The zero-order valence-corrected chi connectivity index (χ0v) is 7.12. The molecule has 0 spiro atoms. The molecule has 1 aliphatic rings. The SMILES string of the molecule is CCC1OCc2ccccc2O1. The van der Waals surface area contributed by atoms with E-state index in [1.54, 1.807) is 0 Å². The summed E-state index contributed by atoms with van der Waals surface area (Å²) in [5.41, 5.74) is 1.14. The van der Waals surface area contributed by atoms with Crippen molar-refractivity contribution < 1.29 is 9.47 Å². The zero-order chi connectivity index (χ0) is 8.39. The van der Waals surface area contributed by atoms with Gasteiger partial charge < -0.3 is 9.47 Å². The number of para-hydroxylation sites is 1. The number of fused-ring (bicyclic) bond motifs is 1. The fourth-order valence-electron chi connectivity index (χ4n) is 1.30. The molecular formula is C10H12O2. The number of hydrogen-bond donors (Lipinski definition) is 0. The predicted molar refractivity (Wildman–Crippen MR) is 45.9 cm³/mol. The van der Waals surface area contributed by atoms with E-state index in [2.05, 4.69) is 6.92 Å². The minimum atomic E-state index is -0.0556. The lowest BCUT2D eigenvalue weighted by Gasteiger charge is -2.25. The molecule has 2 heteroatoms. The average Bonchev–Trinajstić information content (AvgIpc) is 2.17. The van der Waals surface area contributed by atoms with E-state index in [-0.39, 0.29) is 6.29 Å². The van der Waals surface area contributed by atoms with E-state index in [1.807, 2.05) is 24.3 Å². The van der Waals surface area contributed by atoms with Crippen LogP contribution in [0.1, 0.15) is 18.9 Å². The molecule has 0 N–H and O–H groups in total. The molecule has 1 aromatic rings. The standard InChI is InChI=1S/C10H12O2/c1-2-10-11-7-8-5-3-4-6-9(8)12-10/h3-6,10H,2,7H2,1H3. The Bertz CT molecular complexity index is 270. The van der Waals surface area contributed by atoms with E-state index >= 15 is 0 Å². The van der Waals surface area contributed by atoms with Crippen LogP contribution in [0.5, 0.6) is 5.75 Å². The van der Waals surface area contributed by atoms with Gasteiger partial charge >= 0.3 is 0 Å². The second kappa shape index (κ2) is 3.15. The minimum absolute atomic E-state index is 0.0556. The topological polar surface area (TPSA) is 18.5 Å². The molecule has 1 unspecified atom stereocenters. The maximum absolute atomic E-state index is 5.56. The first kappa shape index (κ1) is 7.62. The zero-order valence-electron chi connectivity index (χ0n) is 7.12. The van der Waals surface area contributed by atoms with Gasteiger partial charge in [-0.15, -0.1) is 0 Å². The Hall–Kier alpha value is -1.02.